The summed E-state index contributed by atoms with van der Waals surface area (Å²) >= 11 is 3.68. The summed E-state index contributed by atoms with van der Waals surface area (Å²) in [5.74, 6) is 0. The molecule has 1 heterocycles. The molecule has 1 saturated heterocycles. The lowest BCUT2D eigenvalue weighted by molar-refractivity contribution is 0.255. The van der Waals surface area contributed by atoms with Gasteiger partial charge in [-0.2, -0.15) is 4.99 Å². The van der Waals surface area contributed by atoms with Gasteiger partial charge in [0.15, 0.2) is 0 Å². The zero-order valence-corrected chi connectivity index (χ0v) is 13.2. The van der Waals surface area contributed by atoms with Gasteiger partial charge in [-0.05, 0) is 62.4 Å². The van der Waals surface area contributed by atoms with Crippen molar-refractivity contribution >= 4 is 22.0 Å². The zero-order valence-electron chi connectivity index (χ0n) is 11.6. The van der Waals surface area contributed by atoms with Gasteiger partial charge in [0.05, 0.1) is 5.54 Å². The van der Waals surface area contributed by atoms with Gasteiger partial charge in [-0.25, -0.2) is 4.79 Å². The van der Waals surface area contributed by atoms with E-state index in [1.807, 2.05) is 0 Å². The molecule has 0 bridgehead atoms. The molecule has 1 aliphatic carbocycles. The molecule has 1 aromatic carbocycles. The molecular weight excluding hydrogens is 316 g/mol. The molecule has 0 N–H and O–H groups in total. The van der Waals surface area contributed by atoms with Gasteiger partial charge in [-0.3, -0.25) is 4.90 Å². The Kier molecular flexibility index (Phi) is 4.06. The van der Waals surface area contributed by atoms with Crippen molar-refractivity contribution in [3.8, 4) is 0 Å². The Morgan fingerprint density at radius 3 is 2.55 bits per heavy atom. The van der Waals surface area contributed by atoms with Crippen molar-refractivity contribution in [2.24, 2.45) is 4.99 Å². The fraction of sp³-hybridized carbons (Fsp3) is 0.562. The standard InChI is InChI=1S/C16H19BrN2O/c17-15-10-14(16(18-12-20)6-3-7-16)5-4-13(15)11-19-8-1-2-9-19/h4-5,10H,1-3,6-9,11H2. The summed E-state index contributed by atoms with van der Waals surface area (Å²) in [7, 11) is 0. The summed E-state index contributed by atoms with van der Waals surface area (Å²) in [6.07, 6.45) is 7.43. The van der Waals surface area contributed by atoms with Crippen LogP contribution in [0.1, 0.15) is 43.2 Å². The topological polar surface area (TPSA) is 32.7 Å². The first-order chi connectivity index (χ1) is 9.73. The summed E-state index contributed by atoms with van der Waals surface area (Å²) in [5.41, 5.74) is 2.17. The maximum absolute atomic E-state index is 10.7. The molecule has 0 aromatic heterocycles. The number of carbonyl (C=O) groups excluding carboxylic acids is 1. The minimum atomic E-state index is -0.295. The van der Waals surface area contributed by atoms with Crippen LogP contribution in [0.2, 0.25) is 0 Å². The fourth-order valence-electron chi connectivity index (χ4n) is 3.21. The second-order valence-electron chi connectivity index (χ2n) is 5.88. The lowest BCUT2D eigenvalue weighted by atomic mass is 9.72. The van der Waals surface area contributed by atoms with Crippen LogP contribution in [0.5, 0.6) is 0 Å². The molecule has 20 heavy (non-hydrogen) atoms. The van der Waals surface area contributed by atoms with E-state index in [4.69, 9.17) is 0 Å². The van der Waals surface area contributed by atoms with Crippen molar-refractivity contribution in [3.63, 3.8) is 0 Å². The van der Waals surface area contributed by atoms with Gasteiger partial charge in [-0.15, -0.1) is 0 Å². The maximum Gasteiger partial charge on any atom is 0.235 e. The van der Waals surface area contributed by atoms with Crippen molar-refractivity contribution < 1.29 is 4.79 Å². The molecule has 1 aliphatic heterocycles. The lowest BCUT2D eigenvalue weighted by Gasteiger charge is -2.37. The first kappa shape index (κ1) is 14.0. The number of rotatable bonds is 4. The maximum atomic E-state index is 10.7. The van der Waals surface area contributed by atoms with Gasteiger partial charge in [0.25, 0.3) is 0 Å². The molecule has 0 atom stereocenters. The second-order valence-corrected chi connectivity index (χ2v) is 6.73. The molecule has 4 heteroatoms. The molecular formula is C16H19BrN2O. The summed E-state index contributed by atoms with van der Waals surface area (Å²) in [5, 5.41) is 0. The van der Waals surface area contributed by atoms with Crippen LogP contribution in [0.25, 0.3) is 0 Å². The number of isocyanates is 1. The van der Waals surface area contributed by atoms with Crippen molar-refractivity contribution in [2.75, 3.05) is 13.1 Å². The third-order valence-electron chi connectivity index (χ3n) is 4.62. The Bertz CT molecular complexity index is 541. The predicted octanol–water partition coefficient (Wildman–Crippen LogP) is 3.76. The average Bonchev–Trinajstić information content (AvgIpc) is 2.89. The largest absolute Gasteiger partial charge is 0.299 e. The molecule has 2 aliphatic rings. The summed E-state index contributed by atoms with van der Waals surface area (Å²) in [4.78, 5) is 17.2. The van der Waals surface area contributed by atoms with E-state index >= 15 is 0 Å². The fourth-order valence-corrected chi connectivity index (χ4v) is 3.71. The second kappa shape index (κ2) is 5.80. The van der Waals surface area contributed by atoms with Crippen LogP contribution in [0, 0.1) is 0 Å². The first-order valence-corrected chi connectivity index (χ1v) is 8.13. The molecule has 2 fully saturated rings. The SMILES string of the molecule is O=C=NC1(c2ccc(CN3CCCC3)c(Br)c2)CCC1. The van der Waals surface area contributed by atoms with Gasteiger partial charge in [0.1, 0.15) is 0 Å². The molecule has 0 unspecified atom stereocenters. The van der Waals surface area contributed by atoms with Crippen LogP contribution in [0.3, 0.4) is 0 Å². The summed E-state index contributed by atoms with van der Waals surface area (Å²) < 4.78 is 1.13. The molecule has 0 radical (unpaired) electrons. The van der Waals surface area contributed by atoms with Crippen LogP contribution in [-0.2, 0) is 16.9 Å². The number of hydrogen-bond acceptors (Lipinski definition) is 3. The normalized spacial score (nSPS) is 21.2. The molecule has 0 spiro atoms. The van der Waals surface area contributed by atoms with E-state index in [0.717, 1.165) is 35.8 Å². The highest BCUT2D eigenvalue weighted by Crippen LogP contribution is 2.45. The van der Waals surface area contributed by atoms with Crippen molar-refractivity contribution in [1.82, 2.24) is 4.90 Å². The lowest BCUT2D eigenvalue weighted by Crippen LogP contribution is -2.32. The van der Waals surface area contributed by atoms with Crippen molar-refractivity contribution in [1.29, 1.82) is 0 Å². The smallest absolute Gasteiger partial charge is 0.235 e. The van der Waals surface area contributed by atoms with E-state index in [1.54, 1.807) is 6.08 Å². The van der Waals surface area contributed by atoms with E-state index < -0.39 is 0 Å². The predicted molar refractivity (Wildman–Crippen MR) is 82.3 cm³/mol. The summed E-state index contributed by atoms with van der Waals surface area (Å²) in [6.45, 7) is 3.41. The van der Waals surface area contributed by atoms with E-state index in [0.29, 0.717) is 0 Å². The molecule has 0 amide bonds. The van der Waals surface area contributed by atoms with Gasteiger partial charge >= 0.3 is 0 Å². The highest BCUT2D eigenvalue weighted by atomic mass is 79.9. The Morgan fingerprint density at radius 1 is 1.25 bits per heavy atom. The van der Waals surface area contributed by atoms with Crippen LogP contribution < -0.4 is 0 Å². The quantitative estimate of drug-likeness (QED) is 0.620. The third-order valence-corrected chi connectivity index (χ3v) is 5.36. The minimum absolute atomic E-state index is 0.295. The number of halogens is 1. The number of nitrogens with zero attached hydrogens (tertiary/aromatic N) is 2. The Hall–Kier alpha value is -0.960. The zero-order chi connectivity index (χ0) is 14.0. The number of benzene rings is 1. The number of hydrogen-bond donors (Lipinski definition) is 0. The van der Waals surface area contributed by atoms with Crippen molar-refractivity contribution in [2.45, 2.75) is 44.2 Å². The van der Waals surface area contributed by atoms with E-state index in [1.165, 1.54) is 31.5 Å². The van der Waals surface area contributed by atoms with Crippen LogP contribution in [0.15, 0.2) is 27.7 Å². The first-order valence-electron chi connectivity index (χ1n) is 7.34. The molecule has 1 aromatic rings. The van der Waals surface area contributed by atoms with Gasteiger partial charge in [-0.1, -0.05) is 28.1 Å². The van der Waals surface area contributed by atoms with Gasteiger partial charge in [0.2, 0.25) is 6.08 Å². The Morgan fingerprint density at radius 2 is 2.00 bits per heavy atom. The molecule has 106 valence electrons. The third kappa shape index (κ3) is 2.60. The molecule has 1 saturated carbocycles. The van der Waals surface area contributed by atoms with E-state index in [-0.39, 0.29) is 5.54 Å². The van der Waals surface area contributed by atoms with E-state index in [2.05, 4.69) is 44.0 Å². The minimum Gasteiger partial charge on any atom is -0.299 e. The molecule has 3 nitrogen and oxygen atoms in total. The van der Waals surface area contributed by atoms with E-state index in [9.17, 15) is 4.79 Å². The number of aliphatic imine (C=N–C) groups is 1. The van der Waals surface area contributed by atoms with Crippen LogP contribution in [-0.4, -0.2) is 24.1 Å². The number of likely N-dealkylation sites (tertiary alicyclic amines) is 1. The van der Waals surface area contributed by atoms with Gasteiger partial charge < -0.3 is 0 Å². The van der Waals surface area contributed by atoms with Gasteiger partial charge in [0, 0.05) is 11.0 Å². The molecule has 3 rings (SSSR count). The van der Waals surface area contributed by atoms with Crippen LogP contribution >= 0.6 is 15.9 Å². The highest BCUT2D eigenvalue weighted by Gasteiger charge is 2.39. The monoisotopic (exact) mass is 334 g/mol. The average molecular weight is 335 g/mol. The Balaban J connectivity index is 1.81. The Labute approximate surface area is 128 Å². The summed E-state index contributed by atoms with van der Waals surface area (Å²) in [6, 6.07) is 6.46. The van der Waals surface area contributed by atoms with Crippen molar-refractivity contribution in [3.05, 3.63) is 33.8 Å². The highest BCUT2D eigenvalue weighted by molar-refractivity contribution is 9.10. The van der Waals surface area contributed by atoms with Crippen LogP contribution in [0.4, 0.5) is 0 Å².